The van der Waals surface area contributed by atoms with Crippen LogP contribution in [0.2, 0.25) is 0 Å². The van der Waals surface area contributed by atoms with Crippen LogP contribution < -0.4 is 5.73 Å². The second-order valence-corrected chi connectivity index (χ2v) is 4.98. The van der Waals surface area contributed by atoms with Gasteiger partial charge in [0.25, 0.3) is 0 Å². The van der Waals surface area contributed by atoms with E-state index >= 15 is 0 Å². The quantitative estimate of drug-likeness (QED) is 0.895. The van der Waals surface area contributed by atoms with Crippen LogP contribution in [0.3, 0.4) is 0 Å². The van der Waals surface area contributed by atoms with Gasteiger partial charge in [0, 0.05) is 13.0 Å². The molecule has 1 aromatic carbocycles. The summed E-state index contributed by atoms with van der Waals surface area (Å²) in [5, 5.41) is 8.46. The zero-order chi connectivity index (χ0) is 13.8. The highest BCUT2D eigenvalue weighted by Gasteiger charge is 2.10. The molecule has 2 rings (SSSR count). The molecule has 1 heterocycles. The maximum Gasteiger partial charge on any atom is 0.146 e. The highest BCUT2D eigenvalue weighted by atomic mass is 15.3. The predicted molar refractivity (Wildman–Crippen MR) is 76.9 cm³/mol. The molecular formula is C15H22N4. The standard InChI is InChI=1S/C15H22N4/c1-4-7-19-14(17-18-15(19)10-16)9-13-6-5-11(2)12(3)8-13/h5-6,8H,4,7,9-10,16H2,1-3H3. The maximum atomic E-state index is 5.71. The van der Waals surface area contributed by atoms with Crippen LogP contribution in [-0.4, -0.2) is 14.8 Å². The molecule has 2 aromatic rings. The van der Waals surface area contributed by atoms with Gasteiger partial charge in [-0.2, -0.15) is 0 Å². The molecule has 0 saturated heterocycles. The summed E-state index contributed by atoms with van der Waals surface area (Å²) < 4.78 is 2.15. The molecule has 2 N–H and O–H groups in total. The zero-order valence-electron chi connectivity index (χ0n) is 12.0. The Labute approximate surface area is 114 Å². The summed E-state index contributed by atoms with van der Waals surface area (Å²) in [6.07, 6.45) is 1.87. The summed E-state index contributed by atoms with van der Waals surface area (Å²) >= 11 is 0. The molecule has 19 heavy (non-hydrogen) atoms. The Kier molecular flexibility index (Phi) is 4.32. The van der Waals surface area contributed by atoms with Crippen molar-refractivity contribution in [3.63, 3.8) is 0 Å². The van der Waals surface area contributed by atoms with E-state index < -0.39 is 0 Å². The van der Waals surface area contributed by atoms with Crippen LogP contribution in [0.5, 0.6) is 0 Å². The van der Waals surface area contributed by atoms with Crippen molar-refractivity contribution in [3.05, 3.63) is 46.5 Å². The highest BCUT2D eigenvalue weighted by Crippen LogP contribution is 2.14. The van der Waals surface area contributed by atoms with Gasteiger partial charge in [-0.25, -0.2) is 0 Å². The molecule has 0 aliphatic rings. The Hall–Kier alpha value is -1.68. The van der Waals surface area contributed by atoms with Gasteiger partial charge in [0.05, 0.1) is 6.54 Å². The average molecular weight is 258 g/mol. The van der Waals surface area contributed by atoms with Crippen LogP contribution in [0.15, 0.2) is 18.2 Å². The number of nitrogens with two attached hydrogens (primary N) is 1. The summed E-state index contributed by atoms with van der Waals surface area (Å²) in [5.41, 5.74) is 9.62. The Morgan fingerprint density at radius 2 is 1.84 bits per heavy atom. The fourth-order valence-electron chi connectivity index (χ4n) is 2.23. The minimum Gasteiger partial charge on any atom is -0.324 e. The Bertz CT molecular complexity index is 557. The van der Waals surface area contributed by atoms with Gasteiger partial charge in [-0.3, -0.25) is 0 Å². The summed E-state index contributed by atoms with van der Waals surface area (Å²) in [5.74, 6) is 1.88. The molecule has 0 aliphatic heterocycles. The van der Waals surface area contributed by atoms with Crippen LogP contribution >= 0.6 is 0 Å². The van der Waals surface area contributed by atoms with Crippen molar-refractivity contribution < 1.29 is 0 Å². The number of hydrogen-bond acceptors (Lipinski definition) is 3. The Balaban J connectivity index is 2.27. The molecule has 102 valence electrons. The van der Waals surface area contributed by atoms with E-state index in [-0.39, 0.29) is 0 Å². The highest BCUT2D eigenvalue weighted by molar-refractivity contribution is 5.31. The van der Waals surface area contributed by atoms with Crippen molar-refractivity contribution in [1.29, 1.82) is 0 Å². The topological polar surface area (TPSA) is 56.7 Å². The summed E-state index contributed by atoms with van der Waals surface area (Å²) in [7, 11) is 0. The number of benzene rings is 1. The molecular weight excluding hydrogens is 236 g/mol. The molecule has 4 nitrogen and oxygen atoms in total. The molecule has 0 saturated carbocycles. The monoisotopic (exact) mass is 258 g/mol. The van der Waals surface area contributed by atoms with E-state index in [4.69, 9.17) is 5.73 Å². The van der Waals surface area contributed by atoms with Crippen molar-refractivity contribution in [2.24, 2.45) is 5.73 Å². The first-order chi connectivity index (χ1) is 9.15. The van der Waals surface area contributed by atoms with Gasteiger partial charge < -0.3 is 10.3 Å². The van der Waals surface area contributed by atoms with Crippen LogP contribution in [-0.2, 0) is 19.5 Å². The second-order valence-electron chi connectivity index (χ2n) is 4.98. The first-order valence-electron chi connectivity index (χ1n) is 6.82. The van der Waals surface area contributed by atoms with Gasteiger partial charge in [0.1, 0.15) is 11.6 Å². The average Bonchev–Trinajstić information content (AvgIpc) is 2.77. The smallest absolute Gasteiger partial charge is 0.146 e. The fraction of sp³-hybridized carbons (Fsp3) is 0.467. The number of hydrogen-bond donors (Lipinski definition) is 1. The van der Waals surface area contributed by atoms with Crippen molar-refractivity contribution in [1.82, 2.24) is 14.8 Å². The van der Waals surface area contributed by atoms with Crippen molar-refractivity contribution >= 4 is 0 Å². The number of nitrogens with zero attached hydrogens (tertiary/aromatic N) is 3. The van der Waals surface area contributed by atoms with Gasteiger partial charge in [-0.1, -0.05) is 25.1 Å². The molecule has 0 bridgehead atoms. The lowest BCUT2D eigenvalue weighted by atomic mass is 10.0. The SMILES string of the molecule is CCCn1c(CN)nnc1Cc1ccc(C)c(C)c1. The van der Waals surface area contributed by atoms with Gasteiger partial charge in [0.2, 0.25) is 0 Å². The lowest BCUT2D eigenvalue weighted by Gasteiger charge is -2.09. The van der Waals surface area contributed by atoms with E-state index in [2.05, 4.69) is 53.7 Å². The minimum absolute atomic E-state index is 0.444. The van der Waals surface area contributed by atoms with E-state index in [1.54, 1.807) is 0 Å². The van der Waals surface area contributed by atoms with Crippen LogP contribution in [0.25, 0.3) is 0 Å². The van der Waals surface area contributed by atoms with Crippen molar-refractivity contribution in [3.8, 4) is 0 Å². The van der Waals surface area contributed by atoms with E-state index in [0.717, 1.165) is 31.0 Å². The van der Waals surface area contributed by atoms with Crippen LogP contribution in [0.1, 0.15) is 41.7 Å². The van der Waals surface area contributed by atoms with E-state index in [1.807, 2.05) is 0 Å². The largest absolute Gasteiger partial charge is 0.324 e. The summed E-state index contributed by atoms with van der Waals surface area (Å²) in [6.45, 7) is 7.80. The van der Waals surface area contributed by atoms with Crippen LogP contribution in [0.4, 0.5) is 0 Å². The number of aromatic nitrogens is 3. The molecule has 1 aromatic heterocycles. The molecule has 0 fully saturated rings. The minimum atomic E-state index is 0.444. The Morgan fingerprint density at radius 1 is 1.11 bits per heavy atom. The molecule has 4 heteroatoms. The first kappa shape index (κ1) is 13.7. The lowest BCUT2D eigenvalue weighted by molar-refractivity contribution is 0.615. The third-order valence-electron chi connectivity index (χ3n) is 3.47. The lowest BCUT2D eigenvalue weighted by Crippen LogP contribution is -2.11. The normalized spacial score (nSPS) is 10.9. The van der Waals surface area contributed by atoms with E-state index in [9.17, 15) is 0 Å². The molecule has 0 amide bonds. The van der Waals surface area contributed by atoms with Crippen LogP contribution in [0, 0.1) is 13.8 Å². The molecule has 0 atom stereocenters. The Morgan fingerprint density at radius 3 is 2.47 bits per heavy atom. The molecule has 0 radical (unpaired) electrons. The van der Waals surface area contributed by atoms with Gasteiger partial charge in [-0.15, -0.1) is 10.2 Å². The third kappa shape index (κ3) is 3.01. The van der Waals surface area contributed by atoms with Gasteiger partial charge in [0.15, 0.2) is 0 Å². The fourth-order valence-corrected chi connectivity index (χ4v) is 2.23. The van der Waals surface area contributed by atoms with Crippen molar-refractivity contribution in [2.45, 2.75) is 46.7 Å². The number of rotatable bonds is 5. The second kappa shape index (κ2) is 5.97. The zero-order valence-corrected chi connectivity index (χ0v) is 12.0. The predicted octanol–water partition coefficient (Wildman–Crippen LogP) is 2.35. The van der Waals surface area contributed by atoms with Gasteiger partial charge >= 0.3 is 0 Å². The maximum absolute atomic E-state index is 5.71. The first-order valence-corrected chi connectivity index (χ1v) is 6.82. The van der Waals surface area contributed by atoms with Gasteiger partial charge in [-0.05, 0) is 37.0 Å². The molecule has 0 aliphatic carbocycles. The van der Waals surface area contributed by atoms with E-state index in [0.29, 0.717) is 6.54 Å². The third-order valence-corrected chi connectivity index (χ3v) is 3.47. The summed E-state index contributed by atoms with van der Waals surface area (Å²) in [6, 6.07) is 6.55. The molecule has 0 unspecified atom stereocenters. The van der Waals surface area contributed by atoms with Crippen molar-refractivity contribution in [2.75, 3.05) is 0 Å². The number of aryl methyl sites for hydroxylation is 2. The molecule has 0 spiro atoms. The van der Waals surface area contributed by atoms with E-state index in [1.165, 1.54) is 16.7 Å². The summed E-state index contributed by atoms with van der Waals surface area (Å²) in [4.78, 5) is 0.